The van der Waals surface area contributed by atoms with Gasteiger partial charge in [0.25, 0.3) is 0 Å². The molecule has 96 valence electrons. The fourth-order valence-electron chi connectivity index (χ4n) is 1.17. The van der Waals surface area contributed by atoms with Crippen LogP contribution in [0.15, 0.2) is 18.2 Å². The van der Waals surface area contributed by atoms with E-state index >= 15 is 0 Å². The van der Waals surface area contributed by atoms with Crippen LogP contribution in [0.5, 0.6) is 0 Å². The van der Waals surface area contributed by atoms with Crippen molar-refractivity contribution in [3.05, 3.63) is 34.6 Å². The van der Waals surface area contributed by atoms with E-state index in [2.05, 4.69) is 0 Å². The maximum atomic E-state index is 13.2. The molecule has 8 heteroatoms. The molecule has 1 aromatic rings. The summed E-state index contributed by atoms with van der Waals surface area (Å²) in [5.41, 5.74) is 3.71. The summed E-state index contributed by atoms with van der Waals surface area (Å²) in [5, 5.41) is -0.582. The maximum Gasteiger partial charge on any atom is 0.455 e. The maximum absolute atomic E-state index is 13.2. The molecule has 0 aromatic heterocycles. The van der Waals surface area contributed by atoms with E-state index in [1.165, 1.54) is 0 Å². The van der Waals surface area contributed by atoms with Crippen molar-refractivity contribution in [3.8, 4) is 0 Å². The van der Waals surface area contributed by atoms with Crippen molar-refractivity contribution in [2.45, 2.75) is 18.1 Å². The van der Waals surface area contributed by atoms with Crippen molar-refractivity contribution in [3.63, 3.8) is 0 Å². The van der Waals surface area contributed by atoms with Crippen molar-refractivity contribution in [2.75, 3.05) is 0 Å². The fraction of sp³-hybridized carbons (Fsp3) is 0.333. The van der Waals surface area contributed by atoms with Gasteiger partial charge in [-0.05, 0) is 12.1 Å². The molecule has 0 fully saturated rings. The SMILES string of the molecule is N[C@@H](c1c(F)cccc1Cl)C(F)(F)C(F)(F)F. The summed E-state index contributed by atoms with van der Waals surface area (Å²) in [6.45, 7) is 0. The predicted molar refractivity (Wildman–Crippen MR) is 49.3 cm³/mol. The van der Waals surface area contributed by atoms with Gasteiger partial charge in [0.2, 0.25) is 0 Å². The molecule has 1 atom stereocenters. The van der Waals surface area contributed by atoms with Gasteiger partial charge in [0.1, 0.15) is 11.9 Å². The largest absolute Gasteiger partial charge is 0.455 e. The Morgan fingerprint density at radius 3 is 2.06 bits per heavy atom. The van der Waals surface area contributed by atoms with E-state index in [0.717, 1.165) is 12.1 Å². The summed E-state index contributed by atoms with van der Waals surface area (Å²) in [6, 6.07) is -0.143. The number of alkyl halides is 5. The zero-order chi connectivity index (χ0) is 13.4. The minimum absolute atomic E-state index is 0.582. The Bertz CT molecular complexity index is 396. The average Bonchev–Trinajstić information content (AvgIpc) is 2.15. The highest BCUT2D eigenvalue weighted by Crippen LogP contribution is 2.45. The van der Waals surface area contributed by atoms with E-state index in [0.29, 0.717) is 6.07 Å². The van der Waals surface area contributed by atoms with Gasteiger partial charge in [-0.2, -0.15) is 22.0 Å². The van der Waals surface area contributed by atoms with Crippen LogP contribution in [0.25, 0.3) is 0 Å². The number of halogens is 7. The number of benzene rings is 1. The summed E-state index contributed by atoms with van der Waals surface area (Å²) in [4.78, 5) is 0. The van der Waals surface area contributed by atoms with E-state index in [1.54, 1.807) is 0 Å². The lowest BCUT2D eigenvalue weighted by atomic mass is 10.0. The van der Waals surface area contributed by atoms with Gasteiger partial charge >= 0.3 is 12.1 Å². The van der Waals surface area contributed by atoms with Gasteiger partial charge in [0.05, 0.1) is 0 Å². The number of rotatable bonds is 2. The van der Waals surface area contributed by atoms with Crippen LogP contribution >= 0.6 is 11.6 Å². The van der Waals surface area contributed by atoms with Crippen LogP contribution < -0.4 is 5.73 Å². The lowest BCUT2D eigenvalue weighted by Gasteiger charge is -2.26. The molecule has 0 heterocycles. The Kier molecular flexibility index (Phi) is 3.63. The highest BCUT2D eigenvalue weighted by molar-refractivity contribution is 6.31. The fourth-order valence-corrected chi connectivity index (χ4v) is 1.45. The normalized spacial score (nSPS) is 14.8. The second-order valence-corrected chi connectivity index (χ2v) is 3.64. The molecule has 0 aliphatic heterocycles. The first-order valence-electron chi connectivity index (χ1n) is 4.23. The van der Waals surface area contributed by atoms with Crippen LogP contribution in [0, 0.1) is 5.82 Å². The molecule has 0 radical (unpaired) electrons. The van der Waals surface area contributed by atoms with E-state index in [1.807, 2.05) is 0 Å². The third-order valence-corrected chi connectivity index (χ3v) is 2.41. The second kappa shape index (κ2) is 4.38. The molecule has 0 saturated carbocycles. The molecular weight excluding hydrogens is 272 g/mol. The van der Waals surface area contributed by atoms with Crippen LogP contribution in [-0.4, -0.2) is 12.1 Å². The van der Waals surface area contributed by atoms with Crippen LogP contribution in [0.1, 0.15) is 11.6 Å². The van der Waals surface area contributed by atoms with E-state index in [9.17, 15) is 26.3 Å². The van der Waals surface area contributed by atoms with Crippen LogP contribution in [0.4, 0.5) is 26.3 Å². The predicted octanol–water partition coefficient (Wildman–Crippen LogP) is 3.68. The van der Waals surface area contributed by atoms with Crippen molar-refractivity contribution in [1.82, 2.24) is 0 Å². The van der Waals surface area contributed by atoms with Gasteiger partial charge < -0.3 is 5.73 Å². The first-order valence-corrected chi connectivity index (χ1v) is 4.61. The molecule has 2 N–H and O–H groups in total. The Hall–Kier alpha value is -0.950. The van der Waals surface area contributed by atoms with Crippen molar-refractivity contribution >= 4 is 11.6 Å². The molecule has 17 heavy (non-hydrogen) atoms. The lowest BCUT2D eigenvalue weighted by Crippen LogP contribution is -2.46. The zero-order valence-corrected chi connectivity index (χ0v) is 8.79. The lowest BCUT2D eigenvalue weighted by molar-refractivity contribution is -0.291. The van der Waals surface area contributed by atoms with Gasteiger partial charge in [-0.1, -0.05) is 17.7 Å². The monoisotopic (exact) mass is 277 g/mol. The minimum atomic E-state index is -5.88. The molecule has 0 saturated heterocycles. The van der Waals surface area contributed by atoms with Crippen LogP contribution in [0.3, 0.4) is 0 Å². The highest BCUT2D eigenvalue weighted by Gasteiger charge is 2.62. The van der Waals surface area contributed by atoms with E-state index in [-0.39, 0.29) is 0 Å². The van der Waals surface area contributed by atoms with Gasteiger partial charge in [0.15, 0.2) is 0 Å². The third kappa shape index (κ3) is 2.50. The topological polar surface area (TPSA) is 26.0 Å². The molecule has 0 bridgehead atoms. The smallest absolute Gasteiger partial charge is 0.319 e. The van der Waals surface area contributed by atoms with Crippen molar-refractivity contribution in [1.29, 1.82) is 0 Å². The summed E-state index contributed by atoms with van der Waals surface area (Å²) in [7, 11) is 0. The quantitative estimate of drug-likeness (QED) is 0.820. The van der Waals surface area contributed by atoms with Crippen molar-refractivity contribution in [2.24, 2.45) is 5.73 Å². The molecule has 1 rings (SSSR count). The van der Waals surface area contributed by atoms with E-state index < -0.39 is 34.5 Å². The molecule has 0 unspecified atom stereocenters. The number of hydrogen-bond donors (Lipinski definition) is 1. The summed E-state index contributed by atoms with van der Waals surface area (Å²) in [5.74, 6) is -6.58. The minimum Gasteiger partial charge on any atom is -0.319 e. The molecule has 1 aromatic carbocycles. The van der Waals surface area contributed by atoms with Crippen LogP contribution in [0.2, 0.25) is 5.02 Å². The second-order valence-electron chi connectivity index (χ2n) is 3.23. The molecule has 0 aliphatic rings. The zero-order valence-electron chi connectivity index (χ0n) is 8.03. The van der Waals surface area contributed by atoms with Gasteiger partial charge in [-0.25, -0.2) is 4.39 Å². The molecule has 0 amide bonds. The molecule has 1 nitrogen and oxygen atoms in total. The number of nitrogens with two attached hydrogens (primary N) is 1. The first kappa shape index (κ1) is 14.1. The standard InChI is InChI=1S/C9H6ClF6N/c10-4-2-1-3-5(11)6(4)7(17)8(12,13)9(14,15)16/h1-3,7H,17H2/t7-/m0/s1. The molecule has 0 aliphatic carbocycles. The highest BCUT2D eigenvalue weighted by atomic mass is 35.5. The Morgan fingerprint density at radius 2 is 1.65 bits per heavy atom. The Balaban J connectivity index is 3.26. The first-order chi connectivity index (χ1) is 7.59. The van der Waals surface area contributed by atoms with E-state index in [4.69, 9.17) is 17.3 Å². The van der Waals surface area contributed by atoms with Crippen molar-refractivity contribution < 1.29 is 26.3 Å². The summed E-state index contributed by atoms with van der Waals surface area (Å²) in [6.07, 6.45) is -5.88. The summed E-state index contributed by atoms with van der Waals surface area (Å²) < 4.78 is 75.1. The Morgan fingerprint density at radius 1 is 1.12 bits per heavy atom. The van der Waals surface area contributed by atoms with Gasteiger partial charge in [0, 0.05) is 10.6 Å². The van der Waals surface area contributed by atoms with Gasteiger partial charge in [-0.3, -0.25) is 0 Å². The van der Waals surface area contributed by atoms with Crippen LogP contribution in [-0.2, 0) is 0 Å². The molecule has 0 spiro atoms. The molecular formula is C9H6ClF6N. The third-order valence-electron chi connectivity index (χ3n) is 2.08. The Labute approximate surface area is 97.2 Å². The van der Waals surface area contributed by atoms with Gasteiger partial charge in [-0.15, -0.1) is 0 Å². The number of hydrogen-bond acceptors (Lipinski definition) is 1. The summed E-state index contributed by atoms with van der Waals surface area (Å²) >= 11 is 5.36. The average molecular weight is 278 g/mol.